The molecular formula is C18H20N4O. The standard InChI is InChI=1S/C18H20N4O/c1-2-3-10-20-12-14-21(15-13-20)18(23)17-9-11-22(19-17)16-7-5-4-6-8-16/h1,4-9,11H,3,10,12-15H2. The van der Waals surface area contributed by atoms with Gasteiger partial charge in [0.1, 0.15) is 0 Å². The van der Waals surface area contributed by atoms with Gasteiger partial charge in [-0.3, -0.25) is 9.69 Å². The van der Waals surface area contributed by atoms with Crippen molar-refractivity contribution in [2.24, 2.45) is 0 Å². The van der Waals surface area contributed by atoms with E-state index in [0.29, 0.717) is 5.69 Å². The third kappa shape index (κ3) is 3.61. The highest BCUT2D eigenvalue weighted by Gasteiger charge is 2.23. The molecule has 2 aromatic rings. The number of benzene rings is 1. The zero-order chi connectivity index (χ0) is 16.1. The van der Waals surface area contributed by atoms with E-state index in [1.807, 2.05) is 41.4 Å². The summed E-state index contributed by atoms with van der Waals surface area (Å²) < 4.78 is 1.73. The molecule has 5 heteroatoms. The van der Waals surface area contributed by atoms with Crippen molar-refractivity contribution in [1.29, 1.82) is 0 Å². The van der Waals surface area contributed by atoms with Gasteiger partial charge >= 0.3 is 0 Å². The average Bonchev–Trinajstić information content (AvgIpc) is 3.11. The molecule has 0 saturated carbocycles. The Bertz CT molecular complexity index is 693. The summed E-state index contributed by atoms with van der Waals surface area (Å²) >= 11 is 0. The smallest absolute Gasteiger partial charge is 0.274 e. The van der Waals surface area contributed by atoms with Crippen molar-refractivity contribution in [3.8, 4) is 18.0 Å². The van der Waals surface area contributed by atoms with Crippen molar-refractivity contribution in [3.05, 3.63) is 48.3 Å². The molecule has 0 unspecified atom stereocenters. The maximum atomic E-state index is 12.6. The highest BCUT2D eigenvalue weighted by molar-refractivity contribution is 5.92. The van der Waals surface area contributed by atoms with Gasteiger partial charge in [-0.1, -0.05) is 18.2 Å². The fourth-order valence-electron chi connectivity index (χ4n) is 2.72. The van der Waals surface area contributed by atoms with Gasteiger partial charge in [-0.25, -0.2) is 4.68 Å². The van der Waals surface area contributed by atoms with Crippen LogP contribution in [0.25, 0.3) is 5.69 Å². The van der Waals surface area contributed by atoms with Gasteiger partial charge in [-0.05, 0) is 18.2 Å². The summed E-state index contributed by atoms with van der Waals surface area (Å²) in [5.74, 6) is 2.65. The summed E-state index contributed by atoms with van der Waals surface area (Å²) in [6.45, 7) is 4.09. The first-order valence-electron chi connectivity index (χ1n) is 7.84. The SMILES string of the molecule is C#CCCN1CCN(C(=O)c2ccn(-c3ccccc3)n2)CC1. The summed E-state index contributed by atoms with van der Waals surface area (Å²) in [7, 11) is 0. The minimum Gasteiger partial charge on any atom is -0.335 e. The number of nitrogens with zero attached hydrogens (tertiary/aromatic N) is 4. The minimum absolute atomic E-state index is 0.00344. The molecule has 0 atom stereocenters. The minimum atomic E-state index is -0.00344. The fraction of sp³-hybridized carbons (Fsp3) is 0.333. The maximum absolute atomic E-state index is 12.6. The number of hydrogen-bond acceptors (Lipinski definition) is 3. The predicted molar refractivity (Wildman–Crippen MR) is 89.4 cm³/mol. The topological polar surface area (TPSA) is 41.4 Å². The lowest BCUT2D eigenvalue weighted by Gasteiger charge is -2.34. The van der Waals surface area contributed by atoms with Crippen LogP contribution in [0.1, 0.15) is 16.9 Å². The van der Waals surface area contributed by atoms with Crippen molar-refractivity contribution in [2.75, 3.05) is 32.7 Å². The molecule has 0 aliphatic carbocycles. The molecular weight excluding hydrogens is 288 g/mol. The van der Waals surface area contributed by atoms with Crippen LogP contribution in [0.3, 0.4) is 0 Å². The van der Waals surface area contributed by atoms with E-state index in [4.69, 9.17) is 6.42 Å². The lowest BCUT2D eigenvalue weighted by molar-refractivity contribution is 0.0633. The van der Waals surface area contributed by atoms with E-state index in [0.717, 1.165) is 44.8 Å². The molecule has 3 rings (SSSR count). The molecule has 5 nitrogen and oxygen atoms in total. The highest BCUT2D eigenvalue weighted by Crippen LogP contribution is 2.10. The average molecular weight is 308 g/mol. The number of carbonyl (C=O) groups excluding carboxylic acids is 1. The Morgan fingerprint density at radius 1 is 1.13 bits per heavy atom. The number of rotatable bonds is 4. The van der Waals surface area contributed by atoms with Crippen LogP contribution in [-0.4, -0.2) is 58.2 Å². The lowest BCUT2D eigenvalue weighted by atomic mass is 10.2. The summed E-state index contributed by atoms with van der Waals surface area (Å²) in [4.78, 5) is 16.7. The van der Waals surface area contributed by atoms with Gasteiger partial charge in [0, 0.05) is 45.3 Å². The largest absolute Gasteiger partial charge is 0.335 e. The van der Waals surface area contributed by atoms with Crippen molar-refractivity contribution in [3.63, 3.8) is 0 Å². The first-order chi connectivity index (χ1) is 11.3. The highest BCUT2D eigenvalue weighted by atomic mass is 16.2. The van der Waals surface area contributed by atoms with Gasteiger partial charge in [0.25, 0.3) is 5.91 Å². The van der Waals surface area contributed by atoms with Crippen LogP contribution < -0.4 is 0 Å². The van der Waals surface area contributed by atoms with Crippen molar-refractivity contribution in [1.82, 2.24) is 19.6 Å². The van der Waals surface area contributed by atoms with Gasteiger partial charge in [0.05, 0.1) is 5.69 Å². The normalized spacial score (nSPS) is 15.3. The monoisotopic (exact) mass is 308 g/mol. The third-order valence-corrected chi connectivity index (χ3v) is 4.06. The molecule has 1 aromatic heterocycles. The molecule has 0 N–H and O–H groups in total. The quantitative estimate of drug-likeness (QED) is 0.807. The lowest BCUT2D eigenvalue weighted by Crippen LogP contribution is -2.48. The number of piperazine rings is 1. The van der Waals surface area contributed by atoms with E-state index in [1.165, 1.54) is 0 Å². The van der Waals surface area contributed by atoms with Crippen LogP contribution in [0.4, 0.5) is 0 Å². The van der Waals surface area contributed by atoms with Gasteiger partial charge in [0.2, 0.25) is 0 Å². The van der Waals surface area contributed by atoms with Gasteiger partial charge in [0.15, 0.2) is 5.69 Å². The summed E-state index contributed by atoms with van der Waals surface area (Å²) in [5, 5.41) is 4.41. The Morgan fingerprint density at radius 3 is 2.57 bits per heavy atom. The van der Waals surface area contributed by atoms with E-state index in [1.54, 1.807) is 10.7 Å². The molecule has 23 heavy (non-hydrogen) atoms. The zero-order valence-electron chi connectivity index (χ0n) is 13.1. The number of amides is 1. The van der Waals surface area contributed by atoms with Crippen LogP contribution in [0.15, 0.2) is 42.6 Å². The van der Waals surface area contributed by atoms with Crippen molar-refractivity contribution in [2.45, 2.75) is 6.42 Å². The predicted octanol–water partition coefficient (Wildman–Crippen LogP) is 1.65. The fourth-order valence-corrected chi connectivity index (χ4v) is 2.72. The molecule has 1 aliphatic rings. The van der Waals surface area contributed by atoms with E-state index < -0.39 is 0 Å². The molecule has 1 saturated heterocycles. The Hall–Kier alpha value is -2.58. The third-order valence-electron chi connectivity index (χ3n) is 4.06. The van der Waals surface area contributed by atoms with E-state index >= 15 is 0 Å². The number of terminal acetylenes is 1. The molecule has 2 heterocycles. The Kier molecular flexibility index (Phi) is 4.74. The number of hydrogen-bond donors (Lipinski definition) is 0. The molecule has 1 aliphatic heterocycles. The molecule has 1 aromatic carbocycles. The molecule has 0 radical (unpaired) electrons. The molecule has 118 valence electrons. The van der Waals surface area contributed by atoms with Crippen LogP contribution in [0, 0.1) is 12.3 Å². The molecule has 1 amide bonds. The Morgan fingerprint density at radius 2 is 1.87 bits per heavy atom. The number of para-hydroxylation sites is 1. The van der Waals surface area contributed by atoms with Gasteiger partial charge in [-0.2, -0.15) is 5.10 Å². The van der Waals surface area contributed by atoms with E-state index in [2.05, 4.69) is 15.9 Å². The van der Waals surface area contributed by atoms with Crippen LogP contribution >= 0.6 is 0 Å². The number of carbonyl (C=O) groups is 1. The Labute approximate surface area is 136 Å². The van der Waals surface area contributed by atoms with Crippen molar-refractivity contribution >= 4 is 5.91 Å². The molecule has 0 bridgehead atoms. The summed E-state index contributed by atoms with van der Waals surface area (Å²) in [6.07, 6.45) is 7.88. The summed E-state index contributed by atoms with van der Waals surface area (Å²) in [6, 6.07) is 11.6. The number of aromatic nitrogens is 2. The van der Waals surface area contributed by atoms with Crippen LogP contribution in [-0.2, 0) is 0 Å². The second kappa shape index (κ2) is 7.12. The van der Waals surface area contributed by atoms with E-state index in [9.17, 15) is 4.79 Å². The first-order valence-corrected chi connectivity index (χ1v) is 7.84. The zero-order valence-corrected chi connectivity index (χ0v) is 13.1. The van der Waals surface area contributed by atoms with E-state index in [-0.39, 0.29) is 5.91 Å². The molecule has 1 fully saturated rings. The second-order valence-electron chi connectivity index (χ2n) is 5.57. The second-order valence-corrected chi connectivity index (χ2v) is 5.57. The van der Waals surface area contributed by atoms with Gasteiger partial charge < -0.3 is 4.90 Å². The maximum Gasteiger partial charge on any atom is 0.274 e. The van der Waals surface area contributed by atoms with Crippen LogP contribution in [0.5, 0.6) is 0 Å². The van der Waals surface area contributed by atoms with Gasteiger partial charge in [-0.15, -0.1) is 12.3 Å². The van der Waals surface area contributed by atoms with Crippen LogP contribution in [0.2, 0.25) is 0 Å². The first kappa shape index (κ1) is 15.3. The molecule has 0 spiro atoms. The Balaban J connectivity index is 1.61. The summed E-state index contributed by atoms with van der Waals surface area (Å²) in [5.41, 5.74) is 1.44. The van der Waals surface area contributed by atoms with Crippen molar-refractivity contribution < 1.29 is 4.79 Å².